The second-order valence-electron chi connectivity index (χ2n) is 8.03. The summed E-state index contributed by atoms with van der Waals surface area (Å²) in [6.07, 6.45) is 6.02. The van der Waals surface area contributed by atoms with Crippen LogP contribution < -0.4 is 10.9 Å². The Labute approximate surface area is 165 Å². The number of amides is 1. The molecule has 2 fully saturated rings. The van der Waals surface area contributed by atoms with Gasteiger partial charge in [0.15, 0.2) is 0 Å². The average Bonchev–Trinajstić information content (AvgIpc) is 3.39. The fraction of sp³-hybridized carbons (Fsp3) is 0.478. The first-order valence-electron chi connectivity index (χ1n) is 10.2. The predicted molar refractivity (Wildman–Crippen MR) is 107 cm³/mol. The SMILES string of the molecule is Cc1cc(C2CCCO2)oc(=O)c1C(=O)NCC1(c2ccccc2)CCCC1. The molecule has 148 valence electrons. The lowest BCUT2D eigenvalue weighted by Crippen LogP contribution is -2.40. The van der Waals surface area contributed by atoms with Gasteiger partial charge in [0.05, 0.1) is 0 Å². The Morgan fingerprint density at radius 3 is 2.57 bits per heavy atom. The third kappa shape index (κ3) is 3.63. The second-order valence-corrected chi connectivity index (χ2v) is 8.03. The number of carbonyl (C=O) groups excluding carboxylic acids is 1. The van der Waals surface area contributed by atoms with Crippen molar-refractivity contribution in [2.24, 2.45) is 0 Å². The van der Waals surface area contributed by atoms with Crippen LogP contribution in [0.2, 0.25) is 0 Å². The molecule has 2 aromatic rings. The molecule has 1 aliphatic carbocycles. The zero-order valence-electron chi connectivity index (χ0n) is 16.3. The van der Waals surface area contributed by atoms with Crippen molar-refractivity contribution in [2.75, 3.05) is 13.2 Å². The summed E-state index contributed by atoms with van der Waals surface area (Å²) >= 11 is 0. The molecule has 5 heteroatoms. The molecule has 0 radical (unpaired) electrons. The highest BCUT2D eigenvalue weighted by atomic mass is 16.5. The van der Waals surface area contributed by atoms with Crippen LogP contribution in [0.5, 0.6) is 0 Å². The smallest absolute Gasteiger partial charge is 0.349 e. The Morgan fingerprint density at radius 1 is 1.18 bits per heavy atom. The van der Waals surface area contributed by atoms with Crippen molar-refractivity contribution in [2.45, 2.75) is 57.0 Å². The van der Waals surface area contributed by atoms with Gasteiger partial charge < -0.3 is 14.5 Å². The van der Waals surface area contributed by atoms with Gasteiger partial charge in [-0.3, -0.25) is 4.79 Å². The highest BCUT2D eigenvalue weighted by Gasteiger charge is 2.36. The Kier molecular flexibility index (Phi) is 5.36. The molecule has 5 nitrogen and oxygen atoms in total. The Morgan fingerprint density at radius 2 is 1.93 bits per heavy atom. The summed E-state index contributed by atoms with van der Waals surface area (Å²) in [4.78, 5) is 25.4. The quantitative estimate of drug-likeness (QED) is 0.849. The molecule has 1 atom stereocenters. The number of rotatable bonds is 5. The van der Waals surface area contributed by atoms with E-state index >= 15 is 0 Å². The molecule has 0 spiro atoms. The molecule has 1 N–H and O–H groups in total. The van der Waals surface area contributed by atoms with E-state index in [-0.39, 0.29) is 23.0 Å². The molecule has 1 aliphatic heterocycles. The van der Waals surface area contributed by atoms with Gasteiger partial charge in [-0.05, 0) is 49.8 Å². The number of ether oxygens (including phenoxy) is 1. The van der Waals surface area contributed by atoms with Gasteiger partial charge in [0.2, 0.25) is 0 Å². The number of nitrogens with one attached hydrogen (secondary N) is 1. The summed E-state index contributed by atoms with van der Waals surface area (Å²) in [5.74, 6) is 0.167. The average molecular weight is 381 g/mol. The van der Waals surface area contributed by atoms with Crippen LogP contribution >= 0.6 is 0 Å². The van der Waals surface area contributed by atoms with E-state index < -0.39 is 5.63 Å². The van der Waals surface area contributed by atoms with Gasteiger partial charge in [0, 0.05) is 18.6 Å². The van der Waals surface area contributed by atoms with Crippen LogP contribution in [0, 0.1) is 6.92 Å². The van der Waals surface area contributed by atoms with Gasteiger partial charge >= 0.3 is 5.63 Å². The minimum Gasteiger partial charge on any atom is -0.424 e. The van der Waals surface area contributed by atoms with Crippen molar-refractivity contribution in [1.29, 1.82) is 0 Å². The largest absolute Gasteiger partial charge is 0.424 e. The maximum atomic E-state index is 12.8. The fourth-order valence-corrected chi connectivity index (χ4v) is 4.62. The van der Waals surface area contributed by atoms with E-state index in [1.54, 1.807) is 13.0 Å². The third-order valence-electron chi connectivity index (χ3n) is 6.18. The monoisotopic (exact) mass is 381 g/mol. The van der Waals surface area contributed by atoms with Crippen molar-refractivity contribution < 1.29 is 13.9 Å². The van der Waals surface area contributed by atoms with Crippen molar-refractivity contribution in [1.82, 2.24) is 5.32 Å². The summed E-state index contributed by atoms with van der Waals surface area (Å²) in [5, 5.41) is 3.02. The topological polar surface area (TPSA) is 68.5 Å². The molecule has 4 rings (SSSR count). The van der Waals surface area contributed by atoms with Gasteiger partial charge in [0.1, 0.15) is 17.4 Å². The number of aryl methyl sites for hydroxylation is 1. The van der Waals surface area contributed by atoms with E-state index in [0.29, 0.717) is 24.5 Å². The lowest BCUT2D eigenvalue weighted by molar-refractivity contribution is 0.0880. The van der Waals surface area contributed by atoms with Crippen molar-refractivity contribution in [3.8, 4) is 0 Å². The number of benzene rings is 1. The molecule has 28 heavy (non-hydrogen) atoms. The van der Waals surface area contributed by atoms with Gasteiger partial charge in [-0.1, -0.05) is 43.2 Å². The Balaban J connectivity index is 1.53. The normalized spacial score (nSPS) is 21.0. The highest BCUT2D eigenvalue weighted by molar-refractivity contribution is 5.95. The van der Waals surface area contributed by atoms with Crippen LogP contribution in [0.3, 0.4) is 0 Å². The first-order chi connectivity index (χ1) is 13.6. The third-order valence-corrected chi connectivity index (χ3v) is 6.18. The molecular weight excluding hydrogens is 354 g/mol. The molecule has 0 bridgehead atoms. The molecule has 2 aliphatic rings. The number of carbonyl (C=O) groups is 1. The van der Waals surface area contributed by atoms with Crippen LogP contribution in [-0.2, 0) is 10.2 Å². The maximum Gasteiger partial charge on any atom is 0.349 e. The number of hydrogen-bond donors (Lipinski definition) is 1. The molecule has 2 heterocycles. The minimum absolute atomic E-state index is 0.0529. The van der Waals surface area contributed by atoms with E-state index in [1.165, 1.54) is 5.56 Å². The zero-order chi connectivity index (χ0) is 19.6. The van der Waals surface area contributed by atoms with Crippen LogP contribution in [0.1, 0.15) is 71.9 Å². The zero-order valence-corrected chi connectivity index (χ0v) is 16.3. The molecule has 1 amide bonds. The summed E-state index contributed by atoms with van der Waals surface area (Å²) in [6, 6.07) is 12.1. The van der Waals surface area contributed by atoms with Crippen LogP contribution in [0.25, 0.3) is 0 Å². The molecular formula is C23H27NO4. The highest BCUT2D eigenvalue weighted by Crippen LogP contribution is 2.40. The Bertz CT molecular complexity index is 891. The molecule has 1 saturated heterocycles. The van der Waals surface area contributed by atoms with Crippen LogP contribution in [0.15, 0.2) is 45.6 Å². The van der Waals surface area contributed by atoms with Crippen molar-refractivity contribution in [3.05, 3.63) is 69.3 Å². The molecule has 1 unspecified atom stereocenters. The molecule has 1 aromatic heterocycles. The van der Waals surface area contributed by atoms with Gasteiger partial charge in [-0.2, -0.15) is 0 Å². The lowest BCUT2D eigenvalue weighted by atomic mass is 9.79. The van der Waals surface area contributed by atoms with Gasteiger partial charge in [0.25, 0.3) is 5.91 Å². The lowest BCUT2D eigenvalue weighted by Gasteiger charge is -2.30. The predicted octanol–water partition coefficient (Wildman–Crippen LogP) is 4.04. The maximum absolute atomic E-state index is 12.8. The van der Waals surface area contributed by atoms with E-state index in [2.05, 4.69) is 17.4 Å². The summed E-state index contributed by atoms with van der Waals surface area (Å²) < 4.78 is 11.0. The summed E-state index contributed by atoms with van der Waals surface area (Å²) in [7, 11) is 0. The minimum atomic E-state index is -0.580. The standard InChI is InChI=1S/C23H27NO4/c1-16-14-19(18-10-7-13-27-18)28-22(26)20(16)21(25)24-15-23(11-5-6-12-23)17-8-3-2-4-9-17/h2-4,8-9,14,18H,5-7,10-13,15H2,1H3,(H,24,25). The molecule has 1 saturated carbocycles. The van der Waals surface area contributed by atoms with E-state index in [9.17, 15) is 9.59 Å². The number of hydrogen-bond acceptors (Lipinski definition) is 4. The van der Waals surface area contributed by atoms with Crippen LogP contribution in [-0.4, -0.2) is 19.1 Å². The Hall–Kier alpha value is -2.40. The van der Waals surface area contributed by atoms with Gasteiger partial charge in [-0.15, -0.1) is 0 Å². The summed E-state index contributed by atoms with van der Waals surface area (Å²) in [5.41, 5.74) is 1.36. The van der Waals surface area contributed by atoms with Crippen molar-refractivity contribution in [3.63, 3.8) is 0 Å². The molecule has 1 aromatic carbocycles. The van der Waals surface area contributed by atoms with Crippen LogP contribution in [0.4, 0.5) is 0 Å². The first kappa shape index (κ1) is 18.9. The van der Waals surface area contributed by atoms with E-state index in [1.807, 2.05) is 18.2 Å². The summed E-state index contributed by atoms with van der Waals surface area (Å²) in [6.45, 7) is 2.99. The fourth-order valence-electron chi connectivity index (χ4n) is 4.62. The van der Waals surface area contributed by atoms with Gasteiger partial charge in [-0.25, -0.2) is 4.79 Å². The van der Waals surface area contributed by atoms with Crippen molar-refractivity contribution >= 4 is 5.91 Å². The van der Waals surface area contributed by atoms with E-state index in [4.69, 9.17) is 9.15 Å². The van der Waals surface area contributed by atoms with E-state index in [0.717, 1.165) is 38.5 Å². The first-order valence-corrected chi connectivity index (χ1v) is 10.2. The second kappa shape index (κ2) is 7.92.